The van der Waals surface area contributed by atoms with Crippen LogP contribution in [0.4, 0.5) is 0 Å². The monoisotopic (exact) mass is 331 g/mol. The summed E-state index contributed by atoms with van der Waals surface area (Å²) in [5, 5.41) is 1.72. The summed E-state index contributed by atoms with van der Waals surface area (Å²) in [6.45, 7) is 6.71. The van der Waals surface area contributed by atoms with E-state index in [1.807, 2.05) is 24.3 Å². The van der Waals surface area contributed by atoms with Gasteiger partial charge in [0, 0.05) is 10.9 Å². The standard InChI is InChI=1S/C21H21N3O/c1-21(2,3)12-13-8-9-14-11-18(22-17(14)10-13)19-23-16-7-5-4-6-15(16)20(25)24-19/h4-11,22H,12H2,1-3H3,(H,23,24,25). The highest BCUT2D eigenvalue weighted by Crippen LogP contribution is 2.26. The van der Waals surface area contributed by atoms with Gasteiger partial charge in [0.15, 0.2) is 5.82 Å². The number of aromatic amines is 2. The Hall–Kier alpha value is -2.88. The third-order valence-electron chi connectivity index (χ3n) is 4.29. The topological polar surface area (TPSA) is 61.5 Å². The first-order chi connectivity index (χ1) is 11.9. The summed E-state index contributed by atoms with van der Waals surface area (Å²) in [5.74, 6) is 0.567. The molecule has 2 heterocycles. The average molecular weight is 331 g/mol. The van der Waals surface area contributed by atoms with Crippen LogP contribution >= 0.6 is 0 Å². The minimum absolute atomic E-state index is 0.118. The summed E-state index contributed by atoms with van der Waals surface area (Å²) >= 11 is 0. The fourth-order valence-corrected chi connectivity index (χ4v) is 3.24. The lowest BCUT2D eigenvalue weighted by Crippen LogP contribution is -2.09. The minimum atomic E-state index is -0.118. The van der Waals surface area contributed by atoms with Crippen molar-refractivity contribution in [3.63, 3.8) is 0 Å². The van der Waals surface area contributed by atoms with Gasteiger partial charge in [-0.1, -0.05) is 45.0 Å². The van der Waals surface area contributed by atoms with Crippen molar-refractivity contribution in [3.8, 4) is 11.5 Å². The third kappa shape index (κ3) is 3.07. The van der Waals surface area contributed by atoms with Crippen LogP contribution in [0.25, 0.3) is 33.3 Å². The van der Waals surface area contributed by atoms with Crippen LogP contribution in [0.1, 0.15) is 26.3 Å². The highest BCUT2D eigenvalue weighted by atomic mass is 16.1. The molecule has 0 bridgehead atoms. The number of nitrogens with zero attached hydrogens (tertiary/aromatic N) is 1. The predicted molar refractivity (Wildman–Crippen MR) is 103 cm³/mol. The van der Waals surface area contributed by atoms with E-state index < -0.39 is 0 Å². The highest BCUT2D eigenvalue weighted by molar-refractivity contribution is 5.86. The molecule has 0 aliphatic rings. The molecule has 2 aromatic heterocycles. The molecule has 25 heavy (non-hydrogen) atoms. The van der Waals surface area contributed by atoms with Gasteiger partial charge >= 0.3 is 0 Å². The number of fused-ring (bicyclic) bond motifs is 2. The number of benzene rings is 2. The van der Waals surface area contributed by atoms with Gasteiger partial charge in [0.25, 0.3) is 5.56 Å². The molecule has 2 aromatic carbocycles. The van der Waals surface area contributed by atoms with E-state index in [4.69, 9.17) is 0 Å². The maximum atomic E-state index is 12.3. The Morgan fingerprint density at radius 1 is 1.00 bits per heavy atom. The van der Waals surface area contributed by atoms with E-state index in [1.165, 1.54) is 5.56 Å². The molecule has 4 aromatic rings. The summed E-state index contributed by atoms with van der Waals surface area (Å²) in [7, 11) is 0. The van der Waals surface area contributed by atoms with Crippen molar-refractivity contribution in [2.75, 3.05) is 0 Å². The number of H-pyrrole nitrogens is 2. The second kappa shape index (κ2) is 5.59. The van der Waals surface area contributed by atoms with Crippen LogP contribution in [0.2, 0.25) is 0 Å². The maximum Gasteiger partial charge on any atom is 0.259 e. The van der Waals surface area contributed by atoms with Crippen LogP contribution in [0.3, 0.4) is 0 Å². The third-order valence-corrected chi connectivity index (χ3v) is 4.29. The highest BCUT2D eigenvalue weighted by Gasteiger charge is 2.13. The van der Waals surface area contributed by atoms with Gasteiger partial charge in [-0.05, 0) is 41.7 Å². The van der Waals surface area contributed by atoms with E-state index >= 15 is 0 Å². The number of hydrogen-bond acceptors (Lipinski definition) is 2. The molecular formula is C21H21N3O. The van der Waals surface area contributed by atoms with Crippen molar-refractivity contribution in [2.45, 2.75) is 27.2 Å². The van der Waals surface area contributed by atoms with Crippen molar-refractivity contribution in [2.24, 2.45) is 5.41 Å². The van der Waals surface area contributed by atoms with Crippen LogP contribution in [0, 0.1) is 5.41 Å². The first kappa shape index (κ1) is 15.6. The summed E-state index contributed by atoms with van der Waals surface area (Å²) in [5.41, 5.74) is 4.02. The molecule has 0 amide bonds. The lowest BCUT2D eigenvalue weighted by atomic mass is 9.88. The predicted octanol–water partition coefficient (Wildman–Crippen LogP) is 4.66. The van der Waals surface area contributed by atoms with Gasteiger partial charge in [-0.3, -0.25) is 4.79 Å². The number of rotatable bonds is 2. The molecule has 2 N–H and O–H groups in total. The second-order valence-electron chi connectivity index (χ2n) is 7.77. The zero-order chi connectivity index (χ0) is 17.6. The SMILES string of the molecule is CC(C)(C)Cc1ccc2cc(-c3nc4ccccc4c(=O)[nH]3)[nH]c2c1. The zero-order valence-electron chi connectivity index (χ0n) is 14.7. The molecule has 4 nitrogen and oxygen atoms in total. The molecular weight excluding hydrogens is 310 g/mol. The Balaban J connectivity index is 1.81. The Bertz CT molecular complexity index is 1130. The minimum Gasteiger partial charge on any atom is -0.352 e. The van der Waals surface area contributed by atoms with E-state index in [0.29, 0.717) is 16.7 Å². The first-order valence-electron chi connectivity index (χ1n) is 8.50. The largest absolute Gasteiger partial charge is 0.352 e. The van der Waals surface area contributed by atoms with E-state index in [0.717, 1.165) is 23.0 Å². The number of para-hydroxylation sites is 1. The van der Waals surface area contributed by atoms with Crippen molar-refractivity contribution in [1.82, 2.24) is 15.0 Å². The van der Waals surface area contributed by atoms with Gasteiger partial charge in [0.1, 0.15) is 0 Å². The van der Waals surface area contributed by atoms with E-state index in [2.05, 4.69) is 53.9 Å². The summed E-state index contributed by atoms with van der Waals surface area (Å²) in [4.78, 5) is 23.2. The number of nitrogens with one attached hydrogen (secondary N) is 2. The van der Waals surface area contributed by atoms with Crippen molar-refractivity contribution in [1.29, 1.82) is 0 Å². The molecule has 126 valence electrons. The molecule has 4 rings (SSSR count). The molecule has 0 saturated heterocycles. The molecule has 0 saturated carbocycles. The second-order valence-corrected chi connectivity index (χ2v) is 7.77. The molecule has 0 fully saturated rings. The van der Waals surface area contributed by atoms with Gasteiger partial charge in [-0.2, -0.15) is 0 Å². The molecule has 0 aliphatic carbocycles. The molecule has 0 unspecified atom stereocenters. The molecule has 0 aliphatic heterocycles. The Labute approximate surface area is 145 Å². The van der Waals surface area contributed by atoms with Crippen molar-refractivity contribution >= 4 is 21.8 Å². The fourth-order valence-electron chi connectivity index (χ4n) is 3.24. The van der Waals surface area contributed by atoms with Gasteiger partial charge in [0.05, 0.1) is 16.6 Å². The van der Waals surface area contributed by atoms with Crippen LogP contribution in [0.15, 0.2) is 53.3 Å². The lowest BCUT2D eigenvalue weighted by Gasteiger charge is -2.17. The number of aromatic nitrogens is 3. The van der Waals surface area contributed by atoms with Crippen LogP contribution < -0.4 is 5.56 Å². The first-order valence-corrected chi connectivity index (χ1v) is 8.50. The fraction of sp³-hybridized carbons (Fsp3) is 0.238. The quantitative estimate of drug-likeness (QED) is 0.561. The molecule has 0 spiro atoms. The summed E-state index contributed by atoms with van der Waals surface area (Å²) < 4.78 is 0. The van der Waals surface area contributed by atoms with Gasteiger partial charge in [0.2, 0.25) is 0 Å². The van der Waals surface area contributed by atoms with Gasteiger partial charge in [-0.15, -0.1) is 0 Å². The normalized spacial score (nSPS) is 12.1. The average Bonchev–Trinajstić information content (AvgIpc) is 2.96. The van der Waals surface area contributed by atoms with Crippen LogP contribution in [0.5, 0.6) is 0 Å². The number of hydrogen-bond donors (Lipinski definition) is 2. The van der Waals surface area contributed by atoms with Crippen LogP contribution in [-0.4, -0.2) is 15.0 Å². The van der Waals surface area contributed by atoms with Gasteiger partial charge < -0.3 is 9.97 Å². The smallest absolute Gasteiger partial charge is 0.259 e. The van der Waals surface area contributed by atoms with E-state index in [9.17, 15) is 4.79 Å². The van der Waals surface area contributed by atoms with Gasteiger partial charge in [-0.25, -0.2) is 4.98 Å². The van der Waals surface area contributed by atoms with E-state index in [1.54, 1.807) is 6.07 Å². The summed E-state index contributed by atoms with van der Waals surface area (Å²) in [6, 6.07) is 15.9. The molecule has 0 atom stereocenters. The Morgan fingerprint density at radius 3 is 2.60 bits per heavy atom. The summed E-state index contributed by atoms with van der Waals surface area (Å²) in [6.07, 6.45) is 1.02. The maximum absolute atomic E-state index is 12.3. The molecule has 0 radical (unpaired) electrons. The zero-order valence-corrected chi connectivity index (χ0v) is 14.7. The lowest BCUT2D eigenvalue weighted by molar-refractivity contribution is 0.411. The molecule has 4 heteroatoms. The Kier molecular flexibility index (Phi) is 3.49. The van der Waals surface area contributed by atoms with Crippen molar-refractivity contribution < 1.29 is 0 Å². The van der Waals surface area contributed by atoms with E-state index in [-0.39, 0.29) is 11.0 Å². The van der Waals surface area contributed by atoms with Crippen LogP contribution in [-0.2, 0) is 6.42 Å². The van der Waals surface area contributed by atoms with Crippen molar-refractivity contribution in [3.05, 3.63) is 64.4 Å². The Morgan fingerprint density at radius 2 is 1.80 bits per heavy atom.